The van der Waals surface area contributed by atoms with Crippen LogP contribution in [0.5, 0.6) is 0 Å². The minimum atomic E-state index is 0.217. The highest BCUT2D eigenvalue weighted by molar-refractivity contribution is 7.80. The average molecular weight is 511 g/mol. The fraction of sp³-hybridized carbons (Fsp3) is 0.970. The van der Waals surface area contributed by atoms with Gasteiger partial charge in [0.1, 0.15) is 0 Å². The Kier molecular flexibility index (Phi) is 28.4. The van der Waals surface area contributed by atoms with Gasteiger partial charge in [0.05, 0.1) is 6.10 Å². The molecular weight excluding hydrogens is 444 g/mol. The van der Waals surface area contributed by atoms with E-state index in [1.807, 2.05) is 0 Å². The molecular formula is C33H66OS. The standard InChI is InChI=1S/C33H66OS/c1-5-7-9-11-13-15-17-19-21-23-25-27-29-32(33(35)34-31(3)4)30-28-26-24-22-20-18-16-14-12-10-8-6-2/h31-32H,5-30H2,1-4H3. The monoisotopic (exact) mass is 510 g/mol. The van der Waals surface area contributed by atoms with Crippen LogP contribution in [0.2, 0.25) is 0 Å². The number of unbranched alkanes of at least 4 members (excludes halogenated alkanes) is 22. The molecule has 0 radical (unpaired) electrons. The lowest BCUT2D eigenvalue weighted by Crippen LogP contribution is -2.19. The zero-order valence-corrected chi connectivity index (χ0v) is 25.7. The summed E-state index contributed by atoms with van der Waals surface area (Å²) in [6, 6.07) is 0. The van der Waals surface area contributed by atoms with Crippen molar-refractivity contribution >= 4 is 17.3 Å². The van der Waals surface area contributed by atoms with Gasteiger partial charge in [0.25, 0.3) is 0 Å². The van der Waals surface area contributed by atoms with E-state index in [-0.39, 0.29) is 6.10 Å². The van der Waals surface area contributed by atoms with Gasteiger partial charge < -0.3 is 4.74 Å². The fourth-order valence-electron chi connectivity index (χ4n) is 5.17. The van der Waals surface area contributed by atoms with Crippen molar-refractivity contribution in [2.75, 3.05) is 0 Å². The van der Waals surface area contributed by atoms with Crippen molar-refractivity contribution in [3.05, 3.63) is 0 Å². The minimum Gasteiger partial charge on any atom is -0.484 e. The Balaban J connectivity index is 3.77. The molecule has 0 aliphatic rings. The molecule has 35 heavy (non-hydrogen) atoms. The predicted molar refractivity (Wildman–Crippen MR) is 164 cm³/mol. The molecule has 0 aliphatic carbocycles. The van der Waals surface area contributed by atoms with Crippen molar-refractivity contribution < 1.29 is 4.74 Å². The third-order valence-electron chi connectivity index (χ3n) is 7.50. The molecule has 0 unspecified atom stereocenters. The highest BCUT2D eigenvalue weighted by Gasteiger charge is 2.16. The molecule has 0 atom stereocenters. The molecule has 0 saturated carbocycles. The van der Waals surface area contributed by atoms with Gasteiger partial charge in [0.15, 0.2) is 5.05 Å². The molecule has 0 heterocycles. The maximum absolute atomic E-state index is 5.96. The van der Waals surface area contributed by atoms with E-state index in [9.17, 15) is 0 Å². The maximum atomic E-state index is 5.96. The minimum absolute atomic E-state index is 0.217. The van der Waals surface area contributed by atoms with Gasteiger partial charge >= 0.3 is 0 Å². The molecule has 210 valence electrons. The second-order valence-electron chi connectivity index (χ2n) is 11.5. The third kappa shape index (κ3) is 26.8. The lowest BCUT2D eigenvalue weighted by atomic mass is 9.94. The Labute approximate surface area is 228 Å². The summed E-state index contributed by atoms with van der Waals surface area (Å²) in [7, 11) is 0. The summed E-state index contributed by atoms with van der Waals surface area (Å²) in [6.07, 6.45) is 36.6. The van der Waals surface area contributed by atoms with Crippen LogP contribution in [-0.2, 0) is 4.74 Å². The summed E-state index contributed by atoms with van der Waals surface area (Å²) >= 11 is 5.70. The normalized spacial score (nSPS) is 11.6. The zero-order valence-electron chi connectivity index (χ0n) is 24.9. The molecule has 0 aromatic rings. The van der Waals surface area contributed by atoms with E-state index >= 15 is 0 Å². The molecule has 0 aromatic carbocycles. The molecule has 0 N–H and O–H groups in total. The summed E-state index contributed by atoms with van der Waals surface area (Å²) in [4.78, 5) is 0. The topological polar surface area (TPSA) is 9.23 Å². The van der Waals surface area contributed by atoms with Crippen molar-refractivity contribution in [3.8, 4) is 0 Å². The van der Waals surface area contributed by atoms with Crippen molar-refractivity contribution in [1.82, 2.24) is 0 Å². The van der Waals surface area contributed by atoms with Gasteiger partial charge in [-0.3, -0.25) is 0 Å². The van der Waals surface area contributed by atoms with Crippen LogP contribution < -0.4 is 0 Å². The zero-order chi connectivity index (χ0) is 25.8. The van der Waals surface area contributed by atoms with E-state index in [1.54, 1.807) is 0 Å². The van der Waals surface area contributed by atoms with Gasteiger partial charge in [-0.2, -0.15) is 0 Å². The SMILES string of the molecule is CCCCCCCCCCCCCCC(CCCCCCCCCCCCCC)C(=S)OC(C)C. The maximum Gasteiger partial charge on any atom is 0.163 e. The first-order chi connectivity index (χ1) is 17.1. The largest absolute Gasteiger partial charge is 0.484 e. The third-order valence-corrected chi connectivity index (χ3v) is 7.93. The predicted octanol–water partition coefficient (Wildman–Crippen LogP) is 12.5. The van der Waals surface area contributed by atoms with Crippen LogP contribution in [0.15, 0.2) is 0 Å². The Hall–Kier alpha value is -0.110. The molecule has 2 heteroatoms. The van der Waals surface area contributed by atoms with Crippen LogP contribution in [0, 0.1) is 5.92 Å². The number of thiocarbonyl (C=S) groups is 1. The molecule has 1 nitrogen and oxygen atoms in total. The molecule has 0 bridgehead atoms. The van der Waals surface area contributed by atoms with Gasteiger partial charge in [-0.15, -0.1) is 0 Å². The van der Waals surface area contributed by atoms with E-state index in [0.29, 0.717) is 5.92 Å². The summed E-state index contributed by atoms with van der Waals surface area (Å²) in [5.74, 6) is 0.499. The van der Waals surface area contributed by atoms with Crippen LogP contribution in [0.3, 0.4) is 0 Å². The number of hydrogen-bond acceptors (Lipinski definition) is 2. The van der Waals surface area contributed by atoms with E-state index in [4.69, 9.17) is 17.0 Å². The highest BCUT2D eigenvalue weighted by atomic mass is 32.1. The second-order valence-corrected chi connectivity index (χ2v) is 11.9. The molecule has 0 rings (SSSR count). The van der Waals surface area contributed by atoms with Gasteiger partial charge in [0.2, 0.25) is 0 Å². The van der Waals surface area contributed by atoms with Gasteiger partial charge in [-0.05, 0) is 38.9 Å². The first kappa shape index (κ1) is 34.9. The van der Waals surface area contributed by atoms with Crippen molar-refractivity contribution in [2.45, 2.75) is 201 Å². The Morgan fingerprint density at radius 2 is 0.714 bits per heavy atom. The number of rotatable bonds is 28. The Morgan fingerprint density at radius 3 is 0.971 bits per heavy atom. The summed E-state index contributed by atoms with van der Waals surface area (Å²) < 4.78 is 5.96. The quantitative estimate of drug-likeness (QED) is 0.0764. The van der Waals surface area contributed by atoms with Crippen LogP contribution in [0.4, 0.5) is 0 Å². The van der Waals surface area contributed by atoms with Crippen LogP contribution in [0.1, 0.15) is 195 Å². The smallest absolute Gasteiger partial charge is 0.163 e. The molecule has 0 amide bonds. The number of ether oxygens (including phenoxy) is 1. The second kappa shape index (κ2) is 28.5. The van der Waals surface area contributed by atoms with Gasteiger partial charge in [-0.25, -0.2) is 0 Å². The van der Waals surface area contributed by atoms with E-state index < -0.39 is 0 Å². The Morgan fingerprint density at radius 1 is 0.457 bits per heavy atom. The van der Waals surface area contributed by atoms with E-state index in [2.05, 4.69) is 27.7 Å². The van der Waals surface area contributed by atoms with Crippen molar-refractivity contribution in [1.29, 1.82) is 0 Å². The van der Waals surface area contributed by atoms with E-state index in [1.165, 1.54) is 167 Å². The van der Waals surface area contributed by atoms with Gasteiger partial charge in [0, 0.05) is 5.92 Å². The molecule has 0 aliphatic heterocycles. The number of hydrogen-bond donors (Lipinski definition) is 0. The first-order valence-electron chi connectivity index (χ1n) is 16.3. The Bertz CT molecular complexity index is 391. The van der Waals surface area contributed by atoms with Gasteiger partial charge in [-0.1, -0.05) is 168 Å². The summed E-state index contributed by atoms with van der Waals surface area (Å²) in [6.45, 7) is 8.81. The molecule has 0 aromatic heterocycles. The summed E-state index contributed by atoms with van der Waals surface area (Å²) in [5.41, 5.74) is 0. The van der Waals surface area contributed by atoms with E-state index in [0.717, 1.165) is 5.05 Å². The van der Waals surface area contributed by atoms with Crippen LogP contribution in [0.25, 0.3) is 0 Å². The first-order valence-corrected chi connectivity index (χ1v) is 16.7. The lowest BCUT2D eigenvalue weighted by Gasteiger charge is -2.20. The van der Waals surface area contributed by atoms with Crippen LogP contribution in [-0.4, -0.2) is 11.2 Å². The van der Waals surface area contributed by atoms with Crippen molar-refractivity contribution in [3.63, 3.8) is 0 Å². The van der Waals surface area contributed by atoms with Crippen molar-refractivity contribution in [2.24, 2.45) is 5.92 Å². The molecule has 0 saturated heterocycles. The molecule has 0 spiro atoms. The lowest BCUT2D eigenvalue weighted by molar-refractivity contribution is 0.213. The average Bonchev–Trinajstić information content (AvgIpc) is 2.83. The summed E-state index contributed by atoms with van der Waals surface area (Å²) in [5, 5.41) is 0.895. The molecule has 0 fully saturated rings. The van der Waals surface area contributed by atoms with Crippen LogP contribution >= 0.6 is 12.2 Å². The fourth-order valence-corrected chi connectivity index (χ4v) is 5.60. The highest BCUT2D eigenvalue weighted by Crippen LogP contribution is 2.22.